The lowest BCUT2D eigenvalue weighted by molar-refractivity contribution is -0.161. The normalized spacial score (nSPS) is 13.5. The van der Waals surface area contributed by atoms with E-state index in [-0.39, 0.29) is 25.2 Å². The van der Waals surface area contributed by atoms with Gasteiger partial charge in [-0.25, -0.2) is 0 Å². The Morgan fingerprint density at radius 3 is 0.698 bits per heavy atom. The van der Waals surface area contributed by atoms with Gasteiger partial charge in [-0.2, -0.15) is 0 Å². The fraction of sp³-hybridized carbons (Fsp3) is 0.580. The molecule has 0 aliphatic rings. The van der Waals surface area contributed by atoms with Gasteiger partial charge in [-0.05, 0) is 141 Å². The molecule has 0 saturated carbocycles. The van der Waals surface area contributed by atoms with Gasteiger partial charge in [0.2, 0.25) is 0 Å². The first-order valence-electron chi connectivity index (χ1n) is 35.0. The number of carbonyl (C=O) groups excluding carboxylic acids is 2. The molecule has 0 aromatic rings. The predicted octanol–water partition coefficient (Wildman–Crippen LogP) is 24.8. The highest BCUT2D eigenvalue weighted by atomic mass is 16.6. The van der Waals surface area contributed by atoms with Gasteiger partial charge in [-0.3, -0.25) is 9.59 Å². The van der Waals surface area contributed by atoms with Crippen LogP contribution >= 0.6 is 0 Å². The summed E-state index contributed by atoms with van der Waals surface area (Å²) in [5.41, 5.74) is 0. The van der Waals surface area contributed by atoms with E-state index in [0.29, 0.717) is 12.8 Å². The molecule has 0 spiro atoms. The second-order valence-corrected chi connectivity index (χ2v) is 22.5. The van der Waals surface area contributed by atoms with Crippen LogP contribution in [0.1, 0.15) is 284 Å². The summed E-state index contributed by atoms with van der Waals surface area (Å²) in [6.07, 6.45) is 117. The Labute approximate surface area is 530 Å². The number of ether oxygens (including phenoxy) is 2. The predicted molar refractivity (Wildman–Crippen MR) is 379 cm³/mol. The monoisotopic (exact) mass is 1180 g/mol. The summed E-state index contributed by atoms with van der Waals surface area (Å²) in [7, 11) is 0. The Kier molecular flexibility index (Phi) is 69.5. The number of esters is 2. The highest BCUT2D eigenvalue weighted by Crippen LogP contribution is 2.16. The van der Waals surface area contributed by atoms with Gasteiger partial charge in [0.05, 0.1) is 6.61 Å². The number of carbonyl (C=O) groups is 2. The minimum absolute atomic E-state index is 0.0807. The lowest BCUT2D eigenvalue weighted by Crippen LogP contribution is -2.28. The maximum Gasteiger partial charge on any atom is 0.306 e. The largest absolute Gasteiger partial charge is 0.462 e. The number of hydrogen-bond donors (Lipinski definition) is 1. The molecule has 0 amide bonds. The van der Waals surface area contributed by atoms with Crippen molar-refractivity contribution in [1.82, 2.24) is 0 Å². The summed E-state index contributed by atoms with van der Waals surface area (Å²) < 4.78 is 10.7. The minimum atomic E-state index is -0.791. The lowest BCUT2D eigenvalue weighted by Gasteiger charge is -2.15. The molecule has 0 aliphatic heterocycles. The summed E-state index contributed by atoms with van der Waals surface area (Å²) in [6, 6.07) is 0. The van der Waals surface area contributed by atoms with Crippen molar-refractivity contribution < 1.29 is 24.2 Å². The van der Waals surface area contributed by atoms with Crippen LogP contribution in [0.4, 0.5) is 0 Å². The van der Waals surface area contributed by atoms with Gasteiger partial charge in [0, 0.05) is 12.8 Å². The number of rotatable bonds is 62. The maximum atomic E-state index is 12.4. The van der Waals surface area contributed by atoms with E-state index in [9.17, 15) is 14.7 Å². The average molecular weight is 1180 g/mol. The van der Waals surface area contributed by atoms with Gasteiger partial charge >= 0.3 is 11.9 Å². The molecule has 0 rings (SSSR count). The summed E-state index contributed by atoms with van der Waals surface area (Å²) in [4.78, 5) is 24.7. The Balaban J connectivity index is 3.57. The lowest BCUT2D eigenvalue weighted by atomic mass is 10.0. The third-order valence-corrected chi connectivity index (χ3v) is 14.4. The molecule has 0 aromatic carbocycles. The van der Waals surface area contributed by atoms with Crippen molar-refractivity contribution in [2.24, 2.45) is 0 Å². The molecule has 5 nitrogen and oxygen atoms in total. The zero-order chi connectivity index (χ0) is 61.9. The molecule has 1 unspecified atom stereocenters. The highest BCUT2D eigenvalue weighted by molar-refractivity contribution is 5.70. The molecule has 0 fully saturated rings. The number of hydrogen-bond acceptors (Lipinski definition) is 5. The van der Waals surface area contributed by atoms with Crippen molar-refractivity contribution in [2.45, 2.75) is 290 Å². The van der Waals surface area contributed by atoms with Crippen LogP contribution in [0.3, 0.4) is 0 Å². The molecular weight excluding hydrogens is 1050 g/mol. The van der Waals surface area contributed by atoms with E-state index < -0.39 is 6.10 Å². The molecule has 0 bridgehead atoms. The SMILES string of the molecule is CC/C=C\C/C=C\C/C=C\C/C=C\C/C=C\C/C=C\C/C=C\C/C=C\CCCCCCCCCCCCCCCCC(=O)OC(CO)COC(=O)CCCCCCCCCC/C=C\C/C=C\C/C=C\C/C=C\C/C=C\C/C=C\C/C=C\C/C=C\CC. The van der Waals surface area contributed by atoms with Crippen LogP contribution in [-0.4, -0.2) is 36.4 Å². The Bertz CT molecular complexity index is 1970. The van der Waals surface area contributed by atoms with Crippen molar-refractivity contribution in [1.29, 1.82) is 0 Å². The molecule has 1 N–H and O–H groups in total. The van der Waals surface area contributed by atoms with E-state index in [4.69, 9.17) is 9.47 Å². The maximum absolute atomic E-state index is 12.4. The quantitative estimate of drug-likeness (QED) is 0.0373. The van der Waals surface area contributed by atoms with Crippen molar-refractivity contribution in [3.63, 3.8) is 0 Å². The van der Waals surface area contributed by atoms with E-state index in [2.05, 4.69) is 208 Å². The first-order valence-corrected chi connectivity index (χ1v) is 35.0. The van der Waals surface area contributed by atoms with Crippen molar-refractivity contribution in [3.8, 4) is 0 Å². The standard InChI is InChI=1S/C81H128O5/c1-3-5-7-9-11-13-15-17-19-21-23-25-27-29-31-33-35-37-38-39-40-41-42-44-46-48-50-52-54-56-58-60-62-64-66-68-70-72-74-76-81(84)86-79(77-82)78-85-80(83)75-73-71-69-67-65-63-61-59-57-55-53-51-49-47-45-43-36-34-32-30-28-26-24-22-20-18-16-14-12-10-8-6-4-2/h5-8,11-14,17-20,23-26,29-32,35-37,39-40,42-44,47,49,53,55,79,82H,3-4,9-10,15-16,21-22,27-28,33-34,38,41,45-46,48,50-52,54,56-78H2,1-2H3/b7-5-,8-6-,13-11-,14-12-,19-17-,20-18-,25-23-,26-24-,31-29-,32-30-,37-35-,40-39-,43-36-,44-42-,49-47-,55-53-. The fourth-order valence-electron chi connectivity index (χ4n) is 9.24. The van der Waals surface area contributed by atoms with E-state index in [1.54, 1.807) is 0 Å². The number of allylic oxidation sites excluding steroid dienone is 32. The van der Waals surface area contributed by atoms with Gasteiger partial charge in [-0.15, -0.1) is 0 Å². The van der Waals surface area contributed by atoms with Crippen LogP contribution in [0.2, 0.25) is 0 Å². The van der Waals surface area contributed by atoms with Crippen LogP contribution in [0, 0.1) is 0 Å². The highest BCUT2D eigenvalue weighted by Gasteiger charge is 2.16. The molecule has 86 heavy (non-hydrogen) atoms. The molecule has 0 aliphatic carbocycles. The van der Waals surface area contributed by atoms with Gasteiger partial charge < -0.3 is 14.6 Å². The third kappa shape index (κ3) is 71.2. The first-order chi connectivity index (χ1) is 42.6. The van der Waals surface area contributed by atoms with Crippen LogP contribution in [0.15, 0.2) is 194 Å². The van der Waals surface area contributed by atoms with Crippen molar-refractivity contribution in [3.05, 3.63) is 194 Å². The van der Waals surface area contributed by atoms with E-state index in [1.807, 2.05) is 0 Å². The summed E-state index contributed by atoms with van der Waals surface area (Å²) in [5.74, 6) is -0.608. The molecule has 0 aromatic heterocycles. The zero-order valence-electron chi connectivity index (χ0n) is 55.2. The third-order valence-electron chi connectivity index (χ3n) is 14.4. The Hall–Kier alpha value is -5.26. The molecular formula is C81H128O5. The van der Waals surface area contributed by atoms with Crippen LogP contribution in [0.5, 0.6) is 0 Å². The Morgan fingerprint density at radius 2 is 0.465 bits per heavy atom. The number of aliphatic hydroxyl groups is 1. The van der Waals surface area contributed by atoms with Gasteiger partial charge in [-0.1, -0.05) is 324 Å². The van der Waals surface area contributed by atoms with Crippen LogP contribution < -0.4 is 0 Å². The number of aliphatic hydroxyl groups excluding tert-OH is 1. The van der Waals surface area contributed by atoms with Crippen LogP contribution in [0.25, 0.3) is 0 Å². The van der Waals surface area contributed by atoms with Crippen LogP contribution in [-0.2, 0) is 19.1 Å². The van der Waals surface area contributed by atoms with E-state index in [1.165, 1.54) is 109 Å². The van der Waals surface area contributed by atoms with E-state index in [0.717, 1.165) is 148 Å². The molecule has 0 saturated heterocycles. The minimum Gasteiger partial charge on any atom is -0.462 e. The second-order valence-electron chi connectivity index (χ2n) is 22.5. The van der Waals surface area contributed by atoms with Gasteiger partial charge in [0.1, 0.15) is 6.61 Å². The molecule has 5 heteroatoms. The first kappa shape index (κ1) is 80.7. The molecule has 1 atom stereocenters. The van der Waals surface area contributed by atoms with Gasteiger partial charge in [0.15, 0.2) is 6.10 Å². The van der Waals surface area contributed by atoms with Gasteiger partial charge in [0.25, 0.3) is 0 Å². The summed E-state index contributed by atoms with van der Waals surface area (Å²) >= 11 is 0. The van der Waals surface area contributed by atoms with Crippen molar-refractivity contribution in [2.75, 3.05) is 13.2 Å². The molecule has 0 heterocycles. The molecule has 482 valence electrons. The number of unbranched alkanes of at least 4 members (excludes halogenated alkanes) is 22. The zero-order valence-corrected chi connectivity index (χ0v) is 55.2. The summed E-state index contributed by atoms with van der Waals surface area (Å²) in [6.45, 7) is 3.91. The smallest absolute Gasteiger partial charge is 0.306 e. The topological polar surface area (TPSA) is 72.8 Å². The average Bonchev–Trinajstić information content (AvgIpc) is 3.55. The Morgan fingerprint density at radius 1 is 0.267 bits per heavy atom. The second kappa shape index (κ2) is 74.0. The molecule has 0 radical (unpaired) electrons. The van der Waals surface area contributed by atoms with E-state index >= 15 is 0 Å². The fourth-order valence-corrected chi connectivity index (χ4v) is 9.24. The summed E-state index contributed by atoms with van der Waals surface area (Å²) in [5, 5.41) is 9.71. The van der Waals surface area contributed by atoms with Crippen molar-refractivity contribution >= 4 is 11.9 Å².